The number of thioether (sulfide) groups is 1. The van der Waals surface area contributed by atoms with Gasteiger partial charge < -0.3 is 15.7 Å². The molecule has 2 amide bonds. The molecule has 1 aliphatic carbocycles. The van der Waals surface area contributed by atoms with Crippen LogP contribution in [0.25, 0.3) is 0 Å². The standard InChI is InChI=1S/C12H22N2O3S/c1-8(6-7-18-2)13-12(17)14-10-5-3-4-9(10)11(15)16/h8-10H,3-7H2,1-2H3,(H,15,16)(H2,13,14,17). The first-order chi connectivity index (χ1) is 8.54. The van der Waals surface area contributed by atoms with Crippen molar-refractivity contribution < 1.29 is 14.7 Å². The molecule has 1 rings (SSSR count). The Morgan fingerprint density at radius 1 is 1.44 bits per heavy atom. The number of rotatable bonds is 6. The second-order valence-corrected chi connectivity index (χ2v) is 5.77. The van der Waals surface area contributed by atoms with E-state index in [1.165, 1.54) is 0 Å². The zero-order valence-electron chi connectivity index (χ0n) is 10.9. The third kappa shape index (κ3) is 4.76. The Bertz CT molecular complexity index is 299. The summed E-state index contributed by atoms with van der Waals surface area (Å²) in [5, 5.41) is 14.6. The van der Waals surface area contributed by atoms with Gasteiger partial charge in [-0.2, -0.15) is 11.8 Å². The molecule has 0 aromatic rings. The topological polar surface area (TPSA) is 78.4 Å². The maximum atomic E-state index is 11.7. The van der Waals surface area contributed by atoms with Crippen molar-refractivity contribution in [1.82, 2.24) is 10.6 Å². The molecule has 1 aliphatic rings. The van der Waals surface area contributed by atoms with Gasteiger partial charge in [-0.15, -0.1) is 0 Å². The fourth-order valence-corrected chi connectivity index (χ4v) is 2.82. The first-order valence-corrected chi connectivity index (χ1v) is 7.72. The average Bonchev–Trinajstić information content (AvgIpc) is 2.74. The Morgan fingerprint density at radius 3 is 2.78 bits per heavy atom. The zero-order valence-corrected chi connectivity index (χ0v) is 11.8. The zero-order chi connectivity index (χ0) is 13.5. The van der Waals surface area contributed by atoms with Crippen LogP contribution in [0.1, 0.15) is 32.6 Å². The first-order valence-electron chi connectivity index (χ1n) is 6.33. The molecule has 6 heteroatoms. The first kappa shape index (κ1) is 15.1. The van der Waals surface area contributed by atoms with Crippen molar-refractivity contribution in [3.8, 4) is 0 Å². The molecule has 0 spiro atoms. The molecule has 0 saturated heterocycles. The highest BCUT2D eigenvalue weighted by atomic mass is 32.2. The molecule has 0 radical (unpaired) electrons. The van der Waals surface area contributed by atoms with Gasteiger partial charge in [-0.3, -0.25) is 4.79 Å². The number of carbonyl (C=O) groups excluding carboxylic acids is 1. The molecule has 5 nitrogen and oxygen atoms in total. The molecule has 3 atom stereocenters. The lowest BCUT2D eigenvalue weighted by atomic mass is 10.0. The van der Waals surface area contributed by atoms with Crippen LogP contribution >= 0.6 is 11.8 Å². The maximum Gasteiger partial charge on any atom is 0.315 e. The van der Waals surface area contributed by atoms with Gasteiger partial charge in [0, 0.05) is 12.1 Å². The van der Waals surface area contributed by atoms with E-state index in [9.17, 15) is 9.59 Å². The van der Waals surface area contributed by atoms with Gasteiger partial charge in [0.2, 0.25) is 0 Å². The van der Waals surface area contributed by atoms with E-state index < -0.39 is 11.9 Å². The van der Waals surface area contributed by atoms with Gasteiger partial charge in [0.25, 0.3) is 0 Å². The molecular weight excluding hydrogens is 252 g/mol. The molecule has 3 N–H and O–H groups in total. The van der Waals surface area contributed by atoms with Crippen LogP contribution in [0.3, 0.4) is 0 Å². The SMILES string of the molecule is CSCCC(C)NC(=O)NC1CCCC1C(=O)O. The van der Waals surface area contributed by atoms with Crippen molar-refractivity contribution in [2.45, 2.75) is 44.7 Å². The predicted molar refractivity (Wildman–Crippen MR) is 72.9 cm³/mol. The molecule has 0 bridgehead atoms. The molecule has 104 valence electrons. The quantitative estimate of drug-likeness (QED) is 0.688. The number of urea groups is 1. The molecule has 0 aromatic heterocycles. The number of hydrogen-bond acceptors (Lipinski definition) is 3. The Hall–Kier alpha value is -0.910. The molecule has 3 unspecified atom stereocenters. The van der Waals surface area contributed by atoms with Crippen LogP contribution in [0.4, 0.5) is 4.79 Å². The number of carboxylic acid groups (broad SMARTS) is 1. The van der Waals surface area contributed by atoms with Crippen LogP contribution in [-0.2, 0) is 4.79 Å². The van der Waals surface area contributed by atoms with Gasteiger partial charge >= 0.3 is 12.0 Å². The maximum absolute atomic E-state index is 11.7. The number of amides is 2. The van der Waals surface area contributed by atoms with Crippen LogP contribution in [0, 0.1) is 5.92 Å². The van der Waals surface area contributed by atoms with E-state index >= 15 is 0 Å². The number of hydrogen-bond donors (Lipinski definition) is 3. The molecule has 18 heavy (non-hydrogen) atoms. The van der Waals surface area contributed by atoms with E-state index in [-0.39, 0.29) is 18.1 Å². The van der Waals surface area contributed by atoms with Gasteiger partial charge in [0.05, 0.1) is 5.92 Å². The third-order valence-electron chi connectivity index (χ3n) is 3.28. The van der Waals surface area contributed by atoms with Crippen molar-refractivity contribution in [1.29, 1.82) is 0 Å². The number of aliphatic carboxylic acids is 1. The minimum Gasteiger partial charge on any atom is -0.481 e. The average molecular weight is 274 g/mol. The van der Waals surface area contributed by atoms with E-state index in [1.807, 2.05) is 13.2 Å². The lowest BCUT2D eigenvalue weighted by Crippen LogP contribution is -2.47. The van der Waals surface area contributed by atoms with Gasteiger partial charge in [0.1, 0.15) is 0 Å². The molecule has 0 aromatic carbocycles. The monoisotopic (exact) mass is 274 g/mol. The fourth-order valence-electron chi connectivity index (χ4n) is 2.23. The number of carbonyl (C=O) groups is 2. The lowest BCUT2D eigenvalue weighted by molar-refractivity contribution is -0.142. The molecule has 1 fully saturated rings. The van der Waals surface area contributed by atoms with Crippen LogP contribution in [0.2, 0.25) is 0 Å². The summed E-state index contributed by atoms with van der Waals surface area (Å²) < 4.78 is 0. The fraction of sp³-hybridized carbons (Fsp3) is 0.833. The van der Waals surface area contributed by atoms with Crippen molar-refractivity contribution >= 4 is 23.8 Å². The molecule has 0 heterocycles. The largest absolute Gasteiger partial charge is 0.481 e. The van der Waals surface area contributed by atoms with Gasteiger partial charge in [-0.1, -0.05) is 6.42 Å². The summed E-state index contributed by atoms with van der Waals surface area (Å²) in [6.45, 7) is 1.96. The summed E-state index contributed by atoms with van der Waals surface area (Å²) in [6, 6.07) is -0.362. The van der Waals surface area contributed by atoms with Crippen LogP contribution in [0.5, 0.6) is 0 Å². The number of carboxylic acids is 1. The van der Waals surface area contributed by atoms with E-state index in [2.05, 4.69) is 10.6 Å². The van der Waals surface area contributed by atoms with Crippen molar-refractivity contribution in [3.63, 3.8) is 0 Å². The molecule has 1 saturated carbocycles. The summed E-state index contributed by atoms with van der Waals surface area (Å²) in [5.41, 5.74) is 0. The van der Waals surface area contributed by atoms with Crippen LogP contribution in [-0.4, -0.2) is 41.2 Å². The van der Waals surface area contributed by atoms with Gasteiger partial charge in [-0.25, -0.2) is 4.79 Å². The molecule has 0 aliphatic heterocycles. The Morgan fingerprint density at radius 2 is 2.17 bits per heavy atom. The Kier molecular flexibility index (Phi) is 6.32. The summed E-state index contributed by atoms with van der Waals surface area (Å²) in [4.78, 5) is 22.7. The minimum atomic E-state index is -0.812. The van der Waals surface area contributed by atoms with Crippen molar-refractivity contribution in [2.75, 3.05) is 12.0 Å². The van der Waals surface area contributed by atoms with Crippen LogP contribution in [0.15, 0.2) is 0 Å². The molecular formula is C12H22N2O3S. The van der Waals surface area contributed by atoms with E-state index in [0.717, 1.165) is 25.0 Å². The highest BCUT2D eigenvalue weighted by Crippen LogP contribution is 2.25. The summed E-state index contributed by atoms with van der Waals surface area (Å²) in [6.07, 6.45) is 5.22. The lowest BCUT2D eigenvalue weighted by Gasteiger charge is -2.20. The highest BCUT2D eigenvalue weighted by molar-refractivity contribution is 7.98. The summed E-state index contributed by atoms with van der Waals surface area (Å²) in [5.74, 6) is -0.242. The smallest absolute Gasteiger partial charge is 0.315 e. The number of nitrogens with one attached hydrogen (secondary N) is 2. The third-order valence-corrected chi connectivity index (χ3v) is 3.93. The second kappa shape index (κ2) is 7.51. The van der Waals surface area contributed by atoms with Gasteiger partial charge in [0.15, 0.2) is 0 Å². The van der Waals surface area contributed by atoms with Crippen LogP contribution < -0.4 is 10.6 Å². The predicted octanol–water partition coefficient (Wildman–Crippen LogP) is 1.68. The highest BCUT2D eigenvalue weighted by Gasteiger charge is 2.33. The van der Waals surface area contributed by atoms with Gasteiger partial charge in [-0.05, 0) is 38.2 Å². The Balaban J connectivity index is 2.33. The Labute approximate surface area is 112 Å². The summed E-state index contributed by atoms with van der Waals surface area (Å²) in [7, 11) is 0. The van der Waals surface area contributed by atoms with E-state index in [1.54, 1.807) is 11.8 Å². The second-order valence-electron chi connectivity index (χ2n) is 4.78. The summed E-state index contributed by atoms with van der Waals surface area (Å²) >= 11 is 1.74. The normalized spacial score (nSPS) is 24.6. The van der Waals surface area contributed by atoms with Crippen molar-refractivity contribution in [3.05, 3.63) is 0 Å². The van der Waals surface area contributed by atoms with E-state index in [0.29, 0.717) is 6.42 Å². The minimum absolute atomic E-state index is 0.113. The van der Waals surface area contributed by atoms with E-state index in [4.69, 9.17) is 5.11 Å². The van der Waals surface area contributed by atoms with Crippen molar-refractivity contribution in [2.24, 2.45) is 5.92 Å².